The summed E-state index contributed by atoms with van der Waals surface area (Å²) in [5.74, 6) is -2.50. The summed E-state index contributed by atoms with van der Waals surface area (Å²) in [5.41, 5.74) is 9.81. The normalized spacial score (nSPS) is 6.16. The monoisotopic (exact) mass is 284 g/mol. The van der Waals surface area contributed by atoms with Gasteiger partial charge in [-0.15, -0.1) is 0 Å². The van der Waals surface area contributed by atoms with E-state index in [4.69, 9.17) is 46.3 Å². The van der Waals surface area contributed by atoms with E-state index in [-0.39, 0.29) is 0 Å². The van der Waals surface area contributed by atoms with Crippen LogP contribution in [0.15, 0.2) is 12.8 Å². The lowest BCUT2D eigenvalue weighted by molar-refractivity contribution is -0.135. The second-order valence-corrected chi connectivity index (χ2v) is 2.32. The molecule has 0 aromatic carbocycles. The Balaban J connectivity index is -0.0000000432. The van der Waals surface area contributed by atoms with E-state index < -0.39 is 17.9 Å². The Hall–Kier alpha value is -2.13. The summed E-state index contributed by atoms with van der Waals surface area (Å²) in [7, 11) is 0. The lowest BCUT2D eigenvalue weighted by Crippen LogP contribution is -2.11. The van der Waals surface area contributed by atoms with E-state index in [0.717, 1.165) is 27.0 Å². The number of carboxylic acid groups (broad SMARTS) is 3. The van der Waals surface area contributed by atoms with E-state index in [1.165, 1.54) is 0 Å². The Kier molecular flexibility index (Phi) is 57.2. The van der Waals surface area contributed by atoms with E-state index in [1.54, 1.807) is 0 Å². The number of nitrogens with two attached hydrogens (primary N) is 2. The van der Waals surface area contributed by atoms with E-state index >= 15 is 0 Å². The number of aliphatic hydroxyl groups excluding tert-OH is 1. The van der Waals surface area contributed by atoms with Gasteiger partial charge in [-0.05, 0) is 0 Å². The fraction of sp³-hybridized carbons (Fsp3) is 0.500. The van der Waals surface area contributed by atoms with Gasteiger partial charge in [-0.2, -0.15) is 0 Å². The smallest absolute Gasteiger partial charge is 0.300 e. The molecule has 0 fully saturated rings. The summed E-state index contributed by atoms with van der Waals surface area (Å²) in [6, 6.07) is 0. The second kappa shape index (κ2) is 36.0. The van der Waals surface area contributed by atoms with Crippen LogP contribution in [0, 0.1) is 0 Å². The van der Waals surface area contributed by atoms with Crippen molar-refractivity contribution in [2.24, 2.45) is 11.5 Å². The van der Waals surface area contributed by atoms with E-state index in [1.807, 2.05) is 0 Å². The standard InChI is InChI=1S/C2H8N2.3C2H4O2.C2H4O/c3-1-2-4;3*1-2(3)4;1-2-3/h1-4H2;3*1H3,(H,3,4);2-3H,1H2. The first-order chi connectivity index (χ1) is 8.52. The van der Waals surface area contributed by atoms with Gasteiger partial charge in [-0.25, -0.2) is 0 Å². The summed E-state index contributed by atoms with van der Waals surface area (Å²) < 4.78 is 0. The maximum absolute atomic E-state index is 9.00. The van der Waals surface area contributed by atoms with Crippen molar-refractivity contribution < 1.29 is 34.8 Å². The number of hydrogen-bond donors (Lipinski definition) is 6. The van der Waals surface area contributed by atoms with Crippen molar-refractivity contribution in [3.63, 3.8) is 0 Å². The van der Waals surface area contributed by atoms with Crippen LogP contribution >= 0.6 is 0 Å². The Morgan fingerprint density at radius 1 is 0.895 bits per heavy atom. The predicted octanol–water partition coefficient (Wildman–Crippen LogP) is -0.136. The van der Waals surface area contributed by atoms with Crippen LogP contribution in [0.4, 0.5) is 0 Å². The minimum Gasteiger partial charge on any atom is -0.516 e. The van der Waals surface area contributed by atoms with Gasteiger partial charge in [0.25, 0.3) is 17.9 Å². The number of carboxylic acids is 3. The molecule has 19 heavy (non-hydrogen) atoms. The van der Waals surface area contributed by atoms with Gasteiger partial charge in [-0.1, -0.05) is 6.58 Å². The molecule has 0 amide bonds. The third-order valence-corrected chi connectivity index (χ3v) is 0.167. The maximum Gasteiger partial charge on any atom is 0.300 e. The highest BCUT2D eigenvalue weighted by atomic mass is 16.4. The van der Waals surface area contributed by atoms with Gasteiger partial charge >= 0.3 is 0 Å². The van der Waals surface area contributed by atoms with Crippen molar-refractivity contribution in [3.8, 4) is 0 Å². The summed E-state index contributed by atoms with van der Waals surface area (Å²) in [6.07, 6.45) is 0.750. The number of rotatable bonds is 1. The zero-order valence-electron chi connectivity index (χ0n) is 11.4. The fourth-order valence-corrected chi connectivity index (χ4v) is 0. The Morgan fingerprint density at radius 3 is 0.947 bits per heavy atom. The number of carbonyl (C=O) groups is 3. The molecule has 116 valence electrons. The first kappa shape index (κ1) is 30.2. The third-order valence-electron chi connectivity index (χ3n) is 0.167. The van der Waals surface area contributed by atoms with Gasteiger partial charge in [0.15, 0.2) is 0 Å². The summed E-state index contributed by atoms with van der Waals surface area (Å²) in [4.78, 5) is 27.0. The predicted molar refractivity (Wildman–Crippen MR) is 70.9 cm³/mol. The molecule has 0 aliphatic carbocycles. The molecule has 0 spiro atoms. The van der Waals surface area contributed by atoms with Gasteiger partial charge in [0.1, 0.15) is 0 Å². The lowest BCUT2D eigenvalue weighted by Gasteiger charge is -1.72. The molecule has 0 saturated heterocycles. The van der Waals surface area contributed by atoms with Crippen LogP contribution in [-0.4, -0.2) is 51.4 Å². The van der Waals surface area contributed by atoms with Crippen molar-refractivity contribution in [2.75, 3.05) is 13.1 Å². The molecule has 0 radical (unpaired) electrons. The second-order valence-electron chi connectivity index (χ2n) is 2.32. The zero-order chi connectivity index (χ0) is 16.9. The molecule has 0 aliphatic heterocycles. The minimum absolute atomic E-state index is 0.597. The molecule has 0 bridgehead atoms. The Morgan fingerprint density at radius 2 is 0.947 bits per heavy atom. The maximum atomic E-state index is 9.00. The fourth-order valence-electron chi connectivity index (χ4n) is 0. The van der Waals surface area contributed by atoms with Gasteiger partial charge in [0.05, 0.1) is 6.26 Å². The van der Waals surface area contributed by atoms with Crippen LogP contribution in [0.1, 0.15) is 20.8 Å². The largest absolute Gasteiger partial charge is 0.516 e. The molecular weight excluding hydrogens is 260 g/mol. The van der Waals surface area contributed by atoms with Crippen molar-refractivity contribution in [2.45, 2.75) is 20.8 Å². The quantitative estimate of drug-likeness (QED) is 0.356. The summed E-state index contributed by atoms with van der Waals surface area (Å²) in [5, 5.41) is 29.6. The van der Waals surface area contributed by atoms with Gasteiger partial charge in [-0.3, -0.25) is 14.4 Å². The molecule has 0 aromatic rings. The molecule has 9 nitrogen and oxygen atoms in total. The van der Waals surface area contributed by atoms with E-state index in [2.05, 4.69) is 6.58 Å². The summed E-state index contributed by atoms with van der Waals surface area (Å²) in [6.45, 7) is 7.36. The van der Waals surface area contributed by atoms with Crippen molar-refractivity contribution in [1.29, 1.82) is 0 Å². The average Bonchev–Trinajstić information content (AvgIpc) is 2.15. The topological polar surface area (TPSA) is 184 Å². The Labute approximate surface area is 112 Å². The third kappa shape index (κ3) is 2390. The minimum atomic E-state index is -0.833. The molecule has 8 N–H and O–H groups in total. The average molecular weight is 284 g/mol. The Bertz CT molecular complexity index is 177. The van der Waals surface area contributed by atoms with Crippen LogP contribution in [0.25, 0.3) is 0 Å². The molecule has 0 aromatic heterocycles. The van der Waals surface area contributed by atoms with Crippen LogP contribution in [0.5, 0.6) is 0 Å². The van der Waals surface area contributed by atoms with Crippen LogP contribution in [0.3, 0.4) is 0 Å². The highest BCUT2D eigenvalue weighted by molar-refractivity contribution is 5.63. The van der Waals surface area contributed by atoms with Crippen LogP contribution < -0.4 is 11.5 Å². The highest BCUT2D eigenvalue weighted by Gasteiger charge is 1.66. The number of aliphatic hydroxyl groups is 1. The molecule has 0 rings (SSSR count). The molecule has 0 heterocycles. The van der Waals surface area contributed by atoms with E-state index in [0.29, 0.717) is 13.1 Å². The van der Waals surface area contributed by atoms with Gasteiger partial charge < -0.3 is 31.9 Å². The molecular formula is C10H24N2O7. The number of hydrogen-bond acceptors (Lipinski definition) is 6. The SMILES string of the molecule is C=CO.CC(=O)O.CC(=O)O.CC(=O)O.NCCN. The van der Waals surface area contributed by atoms with E-state index in [9.17, 15) is 0 Å². The zero-order valence-corrected chi connectivity index (χ0v) is 11.4. The molecule has 0 saturated carbocycles. The van der Waals surface area contributed by atoms with Crippen LogP contribution in [0.2, 0.25) is 0 Å². The van der Waals surface area contributed by atoms with Gasteiger partial charge in [0, 0.05) is 33.9 Å². The molecule has 0 atom stereocenters. The highest BCUT2D eigenvalue weighted by Crippen LogP contribution is 1.42. The number of aliphatic carboxylic acids is 3. The molecule has 9 heteroatoms. The van der Waals surface area contributed by atoms with Crippen molar-refractivity contribution in [1.82, 2.24) is 0 Å². The molecule has 0 unspecified atom stereocenters. The molecule has 0 aliphatic rings. The van der Waals surface area contributed by atoms with Crippen molar-refractivity contribution in [3.05, 3.63) is 12.8 Å². The van der Waals surface area contributed by atoms with Gasteiger partial charge in [0.2, 0.25) is 0 Å². The summed E-state index contributed by atoms with van der Waals surface area (Å²) >= 11 is 0. The van der Waals surface area contributed by atoms with Crippen molar-refractivity contribution >= 4 is 17.9 Å². The first-order valence-corrected chi connectivity index (χ1v) is 4.77. The first-order valence-electron chi connectivity index (χ1n) is 4.77. The van der Waals surface area contributed by atoms with Crippen LogP contribution in [-0.2, 0) is 14.4 Å². The lowest BCUT2D eigenvalue weighted by atomic mass is 10.7.